The normalized spacial score (nSPS) is 29.4. The van der Waals surface area contributed by atoms with Gasteiger partial charge in [0.1, 0.15) is 0 Å². The zero-order valence-electron chi connectivity index (χ0n) is 21.1. The van der Waals surface area contributed by atoms with Crippen LogP contribution in [-0.2, 0) is 0 Å². The van der Waals surface area contributed by atoms with E-state index in [2.05, 4.69) is 61.1 Å². The number of rotatable bonds is 3. The number of hydrogen-bond acceptors (Lipinski definition) is 4. The van der Waals surface area contributed by atoms with Crippen molar-refractivity contribution in [1.82, 2.24) is 19.6 Å². The van der Waals surface area contributed by atoms with Crippen molar-refractivity contribution < 1.29 is 0 Å². The van der Waals surface area contributed by atoms with Crippen molar-refractivity contribution in [2.24, 2.45) is 11.3 Å². The lowest BCUT2D eigenvalue weighted by atomic mass is 9.57. The molecule has 30 heavy (non-hydrogen) atoms. The number of nitrogens with zero attached hydrogens (tertiary/aromatic N) is 4. The Labute approximate surface area is 187 Å². The predicted molar refractivity (Wildman–Crippen MR) is 128 cm³/mol. The molecule has 0 aromatic carbocycles. The molecule has 0 unspecified atom stereocenters. The van der Waals surface area contributed by atoms with E-state index in [1.54, 1.807) is 0 Å². The Morgan fingerprint density at radius 1 is 0.667 bits per heavy atom. The Hall–Kier alpha value is -0.160. The van der Waals surface area contributed by atoms with E-state index in [1.807, 2.05) is 0 Å². The summed E-state index contributed by atoms with van der Waals surface area (Å²) in [4.78, 5) is 11.0. The third-order valence-corrected chi connectivity index (χ3v) is 9.07. The molecule has 4 aliphatic rings. The average molecular weight is 419 g/mol. The molecule has 0 aromatic rings. The van der Waals surface area contributed by atoms with Crippen LogP contribution < -0.4 is 0 Å². The van der Waals surface area contributed by atoms with E-state index >= 15 is 0 Å². The molecule has 0 bridgehead atoms. The minimum atomic E-state index is 0.332. The highest BCUT2D eigenvalue weighted by atomic mass is 15.3. The Kier molecular flexibility index (Phi) is 6.63. The van der Waals surface area contributed by atoms with Crippen molar-refractivity contribution in [3.05, 3.63) is 0 Å². The number of likely N-dealkylation sites (tertiary alicyclic amines) is 2. The van der Waals surface area contributed by atoms with Gasteiger partial charge >= 0.3 is 0 Å². The van der Waals surface area contributed by atoms with Crippen LogP contribution in [0.2, 0.25) is 0 Å². The summed E-state index contributed by atoms with van der Waals surface area (Å²) in [6, 6.07) is 0.845. The van der Waals surface area contributed by atoms with E-state index in [0.29, 0.717) is 11.1 Å². The summed E-state index contributed by atoms with van der Waals surface area (Å²) < 4.78 is 0. The summed E-state index contributed by atoms with van der Waals surface area (Å²) in [6.07, 6.45) is 8.72. The summed E-state index contributed by atoms with van der Waals surface area (Å²) in [5.41, 5.74) is 1.41. The number of hydrogen-bond donors (Lipinski definition) is 0. The monoisotopic (exact) mass is 418 g/mol. The number of piperazine rings is 1. The first-order valence-corrected chi connectivity index (χ1v) is 13.0. The predicted octanol–water partition coefficient (Wildman–Crippen LogP) is 4.16. The molecule has 0 amide bonds. The highest BCUT2D eigenvalue weighted by Gasteiger charge is 2.47. The van der Waals surface area contributed by atoms with Gasteiger partial charge in [-0.1, -0.05) is 0 Å². The highest BCUT2D eigenvalue weighted by molar-refractivity contribution is 4.99. The molecule has 4 rings (SSSR count). The van der Waals surface area contributed by atoms with E-state index < -0.39 is 0 Å². The molecule has 3 aliphatic heterocycles. The van der Waals surface area contributed by atoms with Crippen LogP contribution in [0.3, 0.4) is 0 Å². The Balaban J connectivity index is 1.13. The van der Waals surface area contributed by atoms with Crippen LogP contribution in [-0.4, -0.2) is 95.6 Å². The van der Waals surface area contributed by atoms with Crippen molar-refractivity contribution in [3.8, 4) is 0 Å². The Morgan fingerprint density at radius 3 is 1.67 bits per heavy atom. The first-order valence-electron chi connectivity index (χ1n) is 13.0. The van der Waals surface area contributed by atoms with Gasteiger partial charge in [0.2, 0.25) is 0 Å². The van der Waals surface area contributed by atoms with Gasteiger partial charge < -0.3 is 4.90 Å². The summed E-state index contributed by atoms with van der Waals surface area (Å²) in [7, 11) is 0. The minimum absolute atomic E-state index is 0.332. The SMILES string of the molecule is CC(C)(C)N1CCN(C2CCN(CC3CC4(CCN(C(C)(C)C)CC4)C3)CC2)CC1. The average Bonchev–Trinajstić information content (AvgIpc) is 2.66. The molecular formula is C26H50N4. The topological polar surface area (TPSA) is 13.0 Å². The van der Waals surface area contributed by atoms with Gasteiger partial charge in [-0.25, -0.2) is 0 Å². The molecule has 4 fully saturated rings. The third kappa shape index (κ3) is 5.24. The van der Waals surface area contributed by atoms with Crippen LogP contribution in [0.1, 0.15) is 80.1 Å². The minimum Gasteiger partial charge on any atom is -0.303 e. The largest absolute Gasteiger partial charge is 0.303 e. The standard InChI is InChI=1S/C26H50N4/c1-24(2,3)29-13-9-26(10-14-29)19-22(20-26)21-27-11-7-23(8-12-27)28-15-17-30(18-16-28)25(4,5)6/h22-23H,7-21H2,1-6H3. The second-order valence-electron chi connectivity index (χ2n) is 13.2. The molecule has 0 radical (unpaired) electrons. The lowest BCUT2D eigenvalue weighted by molar-refractivity contribution is -0.0489. The van der Waals surface area contributed by atoms with Crippen molar-refractivity contribution in [1.29, 1.82) is 0 Å². The maximum absolute atomic E-state index is 2.81. The van der Waals surface area contributed by atoms with E-state index in [-0.39, 0.29) is 0 Å². The van der Waals surface area contributed by atoms with E-state index in [9.17, 15) is 0 Å². The first-order chi connectivity index (χ1) is 14.0. The van der Waals surface area contributed by atoms with Gasteiger partial charge in [-0.3, -0.25) is 14.7 Å². The van der Waals surface area contributed by atoms with Crippen LogP contribution in [0.15, 0.2) is 0 Å². The van der Waals surface area contributed by atoms with E-state index in [0.717, 1.165) is 17.4 Å². The lowest BCUT2D eigenvalue weighted by Gasteiger charge is -2.55. The van der Waals surface area contributed by atoms with Gasteiger partial charge in [-0.2, -0.15) is 0 Å². The van der Waals surface area contributed by atoms with Gasteiger partial charge in [-0.15, -0.1) is 0 Å². The third-order valence-electron chi connectivity index (χ3n) is 9.07. The fourth-order valence-corrected chi connectivity index (χ4v) is 6.94. The molecular weight excluding hydrogens is 368 g/mol. The first kappa shape index (κ1) is 23.0. The van der Waals surface area contributed by atoms with Crippen LogP contribution in [0.25, 0.3) is 0 Å². The molecule has 3 heterocycles. The summed E-state index contributed by atoms with van der Waals surface area (Å²) in [6.45, 7) is 26.0. The molecule has 0 atom stereocenters. The maximum Gasteiger partial charge on any atom is 0.0126 e. The number of piperidine rings is 2. The Bertz CT molecular complexity index is 543. The molecule has 174 valence electrons. The van der Waals surface area contributed by atoms with Crippen molar-refractivity contribution in [3.63, 3.8) is 0 Å². The maximum atomic E-state index is 2.81. The molecule has 4 heteroatoms. The molecule has 1 aliphatic carbocycles. The summed E-state index contributed by atoms with van der Waals surface area (Å²) in [5.74, 6) is 0.984. The quantitative estimate of drug-likeness (QED) is 0.682. The van der Waals surface area contributed by atoms with Gasteiger partial charge in [0.15, 0.2) is 0 Å². The van der Waals surface area contributed by atoms with Crippen LogP contribution >= 0.6 is 0 Å². The fourth-order valence-electron chi connectivity index (χ4n) is 6.94. The van der Waals surface area contributed by atoms with Gasteiger partial charge in [0.25, 0.3) is 0 Å². The van der Waals surface area contributed by atoms with Crippen LogP contribution in [0, 0.1) is 11.3 Å². The molecule has 0 N–H and O–H groups in total. The van der Waals surface area contributed by atoms with Crippen molar-refractivity contribution in [2.45, 2.75) is 97.2 Å². The van der Waals surface area contributed by atoms with Crippen molar-refractivity contribution >= 4 is 0 Å². The second kappa shape index (κ2) is 8.65. The molecule has 1 saturated carbocycles. The Morgan fingerprint density at radius 2 is 1.17 bits per heavy atom. The van der Waals surface area contributed by atoms with E-state index in [1.165, 1.54) is 97.4 Å². The molecule has 0 aromatic heterocycles. The zero-order chi connectivity index (χ0) is 21.6. The highest BCUT2D eigenvalue weighted by Crippen LogP contribution is 2.53. The molecule has 4 nitrogen and oxygen atoms in total. The van der Waals surface area contributed by atoms with E-state index in [4.69, 9.17) is 0 Å². The zero-order valence-corrected chi connectivity index (χ0v) is 21.1. The smallest absolute Gasteiger partial charge is 0.0126 e. The van der Waals surface area contributed by atoms with Crippen molar-refractivity contribution in [2.75, 3.05) is 58.9 Å². The van der Waals surface area contributed by atoms with Gasteiger partial charge in [0, 0.05) is 49.8 Å². The lowest BCUT2D eigenvalue weighted by Crippen LogP contribution is -2.57. The van der Waals surface area contributed by atoms with Gasteiger partial charge in [0.05, 0.1) is 0 Å². The molecule has 1 spiro atoms. The van der Waals surface area contributed by atoms with Crippen LogP contribution in [0.5, 0.6) is 0 Å². The van der Waals surface area contributed by atoms with Crippen LogP contribution in [0.4, 0.5) is 0 Å². The summed E-state index contributed by atoms with van der Waals surface area (Å²) >= 11 is 0. The van der Waals surface area contributed by atoms with Gasteiger partial charge in [-0.05, 0) is 118 Å². The second-order valence-corrected chi connectivity index (χ2v) is 13.2. The fraction of sp³-hybridized carbons (Fsp3) is 1.00. The molecule has 3 saturated heterocycles. The summed E-state index contributed by atoms with van der Waals surface area (Å²) in [5, 5.41) is 0.